The average Bonchev–Trinajstić information content (AvgIpc) is 2.61. The Bertz CT molecular complexity index is 882. The molecule has 0 aliphatic carbocycles. The summed E-state index contributed by atoms with van der Waals surface area (Å²) in [4.78, 5) is 12.3. The lowest BCUT2D eigenvalue weighted by atomic mass is 10.1. The molecular weight excluding hydrogens is 530 g/mol. The van der Waals surface area contributed by atoms with E-state index in [-0.39, 0.29) is 5.57 Å². The smallest absolute Gasteiger partial charge is 0.266 e. The van der Waals surface area contributed by atoms with Gasteiger partial charge < -0.3 is 10.1 Å². The SMILES string of the molecule is C=CCOc1c(Br)cc(/C=C(/C#N)C(=O)Nc2ccc(Cl)cc2)cc1I. The van der Waals surface area contributed by atoms with E-state index in [1.165, 1.54) is 6.08 Å². The number of carbonyl (C=O) groups excluding carboxylic acids is 1. The first-order valence-electron chi connectivity index (χ1n) is 7.36. The standard InChI is InChI=1S/C19H13BrClIN2O2/c1-2-7-26-18-16(20)9-12(10-17(18)22)8-13(11-23)19(25)24-15-5-3-14(21)4-6-15/h2-6,8-10H,1,7H2,(H,24,25)/b13-8-. The highest BCUT2D eigenvalue weighted by atomic mass is 127. The fourth-order valence-electron chi connectivity index (χ4n) is 1.99. The van der Waals surface area contributed by atoms with Gasteiger partial charge in [0.15, 0.2) is 0 Å². The van der Waals surface area contributed by atoms with Crippen molar-refractivity contribution >= 4 is 67.8 Å². The van der Waals surface area contributed by atoms with Crippen molar-refractivity contribution in [3.8, 4) is 11.8 Å². The molecule has 7 heteroatoms. The fraction of sp³-hybridized carbons (Fsp3) is 0.0526. The third kappa shape index (κ3) is 5.59. The summed E-state index contributed by atoms with van der Waals surface area (Å²) >= 11 is 11.4. The van der Waals surface area contributed by atoms with E-state index in [1.807, 2.05) is 12.1 Å². The second-order valence-corrected chi connectivity index (χ2v) is 7.50. The molecule has 0 aliphatic heterocycles. The second-order valence-electron chi connectivity index (χ2n) is 5.04. The van der Waals surface area contributed by atoms with Gasteiger partial charge >= 0.3 is 0 Å². The summed E-state index contributed by atoms with van der Waals surface area (Å²) < 4.78 is 7.17. The molecule has 0 bridgehead atoms. The van der Waals surface area contributed by atoms with E-state index in [0.29, 0.717) is 28.6 Å². The number of nitrogens with one attached hydrogen (secondary N) is 1. The minimum atomic E-state index is -0.493. The number of nitrogens with zero attached hydrogens (tertiary/aromatic N) is 1. The number of rotatable bonds is 6. The molecule has 0 atom stereocenters. The maximum absolute atomic E-state index is 12.3. The molecule has 0 saturated carbocycles. The van der Waals surface area contributed by atoms with Gasteiger partial charge in [-0.1, -0.05) is 24.3 Å². The van der Waals surface area contributed by atoms with Gasteiger partial charge in [0.2, 0.25) is 0 Å². The molecule has 0 unspecified atom stereocenters. The minimum absolute atomic E-state index is 0.0117. The molecule has 0 aromatic heterocycles. The monoisotopic (exact) mass is 542 g/mol. The average molecular weight is 544 g/mol. The molecule has 26 heavy (non-hydrogen) atoms. The Morgan fingerprint density at radius 2 is 2.08 bits per heavy atom. The van der Waals surface area contributed by atoms with Crippen LogP contribution in [-0.2, 0) is 4.79 Å². The number of carbonyl (C=O) groups is 1. The Labute approximate surface area is 178 Å². The Balaban J connectivity index is 2.24. The van der Waals surface area contributed by atoms with E-state index in [1.54, 1.807) is 36.4 Å². The third-order valence-corrected chi connectivity index (χ3v) is 4.79. The van der Waals surface area contributed by atoms with Gasteiger partial charge in [-0.15, -0.1) is 0 Å². The van der Waals surface area contributed by atoms with Crippen molar-refractivity contribution in [2.45, 2.75) is 0 Å². The lowest BCUT2D eigenvalue weighted by Crippen LogP contribution is -2.13. The number of anilines is 1. The first-order valence-corrected chi connectivity index (χ1v) is 9.61. The van der Waals surface area contributed by atoms with Crippen LogP contribution >= 0.6 is 50.1 Å². The maximum Gasteiger partial charge on any atom is 0.266 e. The number of ether oxygens (including phenoxy) is 1. The van der Waals surface area contributed by atoms with Crippen LogP contribution in [0.2, 0.25) is 5.02 Å². The molecule has 0 radical (unpaired) electrons. The van der Waals surface area contributed by atoms with Gasteiger partial charge in [0.25, 0.3) is 5.91 Å². The Morgan fingerprint density at radius 1 is 1.38 bits per heavy atom. The van der Waals surface area contributed by atoms with Crippen molar-refractivity contribution in [3.05, 3.63) is 73.3 Å². The third-order valence-electron chi connectivity index (χ3n) is 3.14. The van der Waals surface area contributed by atoms with Gasteiger partial charge in [0, 0.05) is 10.7 Å². The van der Waals surface area contributed by atoms with Gasteiger partial charge in [-0.05, 0) is 86.6 Å². The number of hydrogen-bond acceptors (Lipinski definition) is 3. The summed E-state index contributed by atoms with van der Waals surface area (Å²) in [7, 11) is 0. The zero-order chi connectivity index (χ0) is 19.1. The molecule has 0 spiro atoms. The molecule has 1 N–H and O–H groups in total. The first kappa shape index (κ1) is 20.5. The van der Waals surface area contributed by atoms with Crippen LogP contribution in [0.25, 0.3) is 6.08 Å². The van der Waals surface area contributed by atoms with Crippen LogP contribution in [-0.4, -0.2) is 12.5 Å². The zero-order valence-electron chi connectivity index (χ0n) is 13.4. The van der Waals surface area contributed by atoms with Gasteiger partial charge in [0.05, 0.1) is 8.04 Å². The van der Waals surface area contributed by atoms with E-state index >= 15 is 0 Å². The summed E-state index contributed by atoms with van der Waals surface area (Å²) in [5.41, 5.74) is 1.25. The minimum Gasteiger partial charge on any atom is -0.487 e. The predicted octanol–water partition coefficient (Wildman–Crippen LogP) is 5.82. The van der Waals surface area contributed by atoms with Gasteiger partial charge in [0.1, 0.15) is 24.0 Å². The maximum atomic E-state index is 12.3. The molecule has 2 rings (SSSR count). The Kier molecular flexibility index (Phi) is 7.69. The summed E-state index contributed by atoms with van der Waals surface area (Å²) in [5, 5.41) is 12.6. The number of benzene rings is 2. The normalized spacial score (nSPS) is 10.8. The quantitative estimate of drug-likeness (QED) is 0.216. The number of hydrogen-bond donors (Lipinski definition) is 1. The highest BCUT2D eigenvalue weighted by Crippen LogP contribution is 2.32. The van der Waals surface area contributed by atoms with E-state index in [4.69, 9.17) is 16.3 Å². The Hall–Kier alpha value is -1.82. The molecule has 2 aromatic rings. The van der Waals surface area contributed by atoms with Crippen LogP contribution in [0.5, 0.6) is 5.75 Å². The van der Waals surface area contributed by atoms with E-state index in [2.05, 4.69) is 50.4 Å². The molecule has 4 nitrogen and oxygen atoms in total. The van der Waals surface area contributed by atoms with Crippen LogP contribution in [0.4, 0.5) is 5.69 Å². The summed E-state index contributed by atoms with van der Waals surface area (Å²) in [6, 6.07) is 12.2. The van der Waals surface area contributed by atoms with E-state index < -0.39 is 5.91 Å². The summed E-state index contributed by atoms with van der Waals surface area (Å²) in [6.45, 7) is 4.01. The highest BCUT2D eigenvalue weighted by Gasteiger charge is 2.12. The van der Waals surface area contributed by atoms with Crippen molar-refractivity contribution < 1.29 is 9.53 Å². The van der Waals surface area contributed by atoms with Crippen LogP contribution in [0.15, 0.2) is 59.1 Å². The molecule has 132 valence electrons. The predicted molar refractivity (Wildman–Crippen MR) is 116 cm³/mol. The number of amides is 1. The van der Waals surface area contributed by atoms with E-state index in [0.717, 1.165) is 8.04 Å². The molecular formula is C19H13BrClIN2O2. The van der Waals surface area contributed by atoms with Crippen molar-refractivity contribution in [2.75, 3.05) is 11.9 Å². The lowest BCUT2D eigenvalue weighted by molar-refractivity contribution is -0.112. The van der Waals surface area contributed by atoms with Crippen LogP contribution in [0, 0.1) is 14.9 Å². The number of nitriles is 1. The lowest BCUT2D eigenvalue weighted by Gasteiger charge is -2.10. The highest BCUT2D eigenvalue weighted by molar-refractivity contribution is 14.1. The zero-order valence-corrected chi connectivity index (χ0v) is 17.9. The molecule has 0 fully saturated rings. The summed E-state index contributed by atoms with van der Waals surface area (Å²) in [6.07, 6.45) is 3.18. The molecule has 0 aliphatic rings. The van der Waals surface area contributed by atoms with Crippen molar-refractivity contribution in [3.63, 3.8) is 0 Å². The summed E-state index contributed by atoms with van der Waals surface area (Å²) in [5.74, 6) is 0.194. The topological polar surface area (TPSA) is 62.1 Å². The molecule has 0 heterocycles. The molecule has 2 aromatic carbocycles. The van der Waals surface area contributed by atoms with Gasteiger partial charge in [-0.2, -0.15) is 5.26 Å². The first-order chi connectivity index (χ1) is 12.4. The van der Waals surface area contributed by atoms with E-state index in [9.17, 15) is 10.1 Å². The Morgan fingerprint density at radius 3 is 2.65 bits per heavy atom. The van der Waals surface area contributed by atoms with Gasteiger partial charge in [-0.3, -0.25) is 4.79 Å². The van der Waals surface area contributed by atoms with Crippen LogP contribution in [0.1, 0.15) is 5.56 Å². The van der Waals surface area contributed by atoms with Gasteiger partial charge in [-0.25, -0.2) is 0 Å². The van der Waals surface area contributed by atoms with Crippen molar-refractivity contribution in [1.82, 2.24) is 0 Å². The van der Waals surface area contributed by atoms with Crippen molar-refractivity contribution in [2.24, 2.45) is 0 Å². The largest absolute Gasteiger partial charge is 0.487 e. The fourth-order valence-corrected chi connectivity index (χ4v) is 3.88. The van der Waals surface area contributed by atoms with Crippen LogP contribution in [0.3, 0.4) is 0 Å². The van der Waals surface area contributed by atoms with Crippen LogP contribution < -0.4 is 10.1 Å². The second kappa shape index (κ2) is 9.76. The molecule has 0 saturated heterocycles. The molecule has 1 amide bonds. The van der Waals surface area contributed by atoms with Crippen molar-refractivity contribution in [1.29, 1.82) is 5.26 Å². The number of halogens is 3.